The number of nitrogens with one attached hydrogen (secondary N) is 1. The molecule has 0 atom stereocenters. The Labute approximate surface area is 233 Å². The summed E-state index contributed by atoms with van der Waals surface area (Å²) in [4.78, 5) is 26.8. The number of carbonyl (C=O) groups is 2. The van der Waals surface area contributed by atoms with Gasteiger partial charge in [-0.1, -0.05) is 56.3 Å². The van der Waals surface area contributed by atoms with Crippen LogP contribution in [-0.2, 0) is 29.6 Å². The van der Waals surface area contributed by atoms with Crippen LogP contribution < -0.4 is 10.1 Å². The minimum atomic E-state index is -0.405. The highest BCUT2D eigenvalue weighted by atomic mass is 32.1. The lowest BCUT2D eigenvalue weighted by Gasteiger charge is -2.26. The monoisotopic (exact) mass is 543 g/mol. The molecule has 202 valence electrons. The van der Waals surface area contributed by atoms with E-state index in [1.165, 1.54) is 22.5 Å². The van der Waals surface area contributed by atoms with Crippen LogP contribution >= 0.6 is 11.3 Å². The summed E-state index contributed by atoms with van der Waals surface area (Å²) in [6.45, 7) is 6.66. The molecule has 1 N–H and O–H groups in total. The lowest BCUT2D eigenvalue weighted by molar-refractivity contribution is 0.0526. The van der Waals surface area contributed by atoms with E-state index in [-0.39, 0.29) is 30.4 Å². The highest BCUT2D eigenvalue weighted by Gasteiger charge is 2.28. The molecule has 2 aromatic carbocycles. The van der Waals surface area contributed by atoms with Crippen molar-refractivity contribution in [1.82, 2.24) is 0 Å². The number of furan rings is 1. The maximum absolute atomic E-state index is 13.0. The minimum Gasteiger partial charge on any atom is -0.486 e. The van der Waals surface area contributed by atoms with Crippen LogP contribution in [0.4, 0.5) is 5.00 Å². The second-order valence-electron chi connectivity index (χ2n) is 10.2. The van der Waals surface area contributed by atoms with Crippen LogP contribution in [0.25, 0.3) is 0 Å². The van der Waals surface area contributed by atoms with E-state index in [0.29, 0.717) is 22.1 Å². The normalized spacial score (nSPS) is 13.0. The molecular formula is C32H33NO5S. The van der Waals surface area contributed by atoms with Crippen molar-refractivity contribution in [3.05, 3.63) is 105 Å². The standard InChI is InChI=1S/C32H33NO5S/c1-4-36-31(35)28-25-12-8-9-13-27(25)39-30(28)33-29(34)26-19-18-24(38-26)20-37-23-16-14-22(15-17-23)32(2,3)21-10-6-5-7-11-21/h5-7,10-11,14-19H,4,8-9,12-13,20H2,1-3H3,(H,33,34). The van der Waals surface area contributed by atoms with Crippen LogP contribution in [0, 0.1) is 0 Å². The van der Waals surface area contributed by atoms with Gasteiger partial charge in [0.25, 0.3) is 5.91 Å². The number of anilines is 1. The number of aryl methyl sites for hydroxylation is 1. The van der Waals surface area contributed by atoms with Crippen molar-refractivity contribution in [3.63, 3.8) is 0 Å². The Bertz CT molecular complexity index is 1450. The number of hydrogen-bond donors (Lipinski definition) is 1. The van der Waals surface area contributed by atoms with Gasteiger partial charge in [-0.05, 0) is 73.6 Å². The number of hydrogen-bond acceptors (Lipinski definition) is 6. The number of esters is 1. The Kier molecular flexibility index (Phi) is 7.89. The molecule has 0 saturated heterocycles. The van der Waals surface area contributed by atoms with Gasteiger partial charge < -0.3 is 19.2 Å². The zero-order chi connectivity index (χ0) is 27.4. The van der Waals surface area contributed by atoms with Gasteiger partial charge in [0.1, 0.15) is 23.1 Å². The second kappa shape index (κ2) is 11.5. The van der Waals surface area contributed by atoms with Crippen LogP contribution in [0.2, 0.25) is 0 Å². The van der Waals surface area contributed by atoms with Gasteiger partial charge >= 0.3 is 5.97 Å². The third-order valence-corrected chi connectivity index (χ3v) is 8.42. The first-order chi connectivity index (χ1) is 18.9. The fourth-order valence-corrected chi connectivity index (χ4v) is 6.23. The third-order valence-electron chi connectivity index (χ3n) is 7.22. The predicted octanol–water partition coefficient (Wildman–Crippen LogP) is 7.55. The SMILES string of the molecule is CCOC(=O)c1c(NC(=O)c2ccc(COc3ccc(C(C)(C)c4ccccc4)cc3)o2)sc2c1CCCC2. The molecule has 6 nitrogen and oxygen atoms in total. The minimum absolute atomic E-state index is 0.127. The first-order valence-electron chi connectivity index (χ1n) is 13.4. The van der Waals surface area contributed by atoms with Crippen molar-refractivity contribution in [1.29, 1.82) is 0 Å². The quantitative estimate of drug-likeness (QED) is 0.221. The Morgan fingerprint density at radius 2 is 1.67 bits per heavy atom. The molecule has 1 aliphatic rings. The zero-order valence-electron chi connectivity index (χ0n) is 22.5. The molecule has 0 radical (unpaired) electrons. The number of rotatable bonds is 9. The summed E-state index contributed by atoms with van der Waals surface area (Å²) in [6.07, 6.45) is 3.84. The highest BCUT2D eigenvalue weighted by molar-refractivity contribution is 7.17. The van der Waals surface area contributed by atoms with Crippen LogP contribution in [0.3, 0.4) is 0 Å². The predicted molar refractivity (Wildman–Crippen MR) is 153 cm³/mol. The van der Waals surface area contributed by atoms with Crippen LogP contribution in [0.5, 0.6) is 5.75 Å². The van der Waals surface area contributed by atoms with Gasteiger partial charge in [-0.3, -0.25) is 4.79 Å². The fraction of sp³-hybridized carbons (Fsp3) is 0.312. The maximum Gasteiger partial charge on any atom is 0.341 e. The van der Waals surface area contributed by atoms with E-state index in [4.69, 9.17) is 13.9 Å². The lowest BCUT2D eigenvalue weighted by Crippen LogP contribution is -2.18. The highest BCUT2D eigenvalue weighted by Crippen LogP contribution is 2.39. The largest absolute Gasteiger partial charge is 0.486 e. The third kappa shape index (κ3) is 5.78. The van der Waals surface area contributed by atoms with Crippen molar-refractivity contribution in [2.45, 2.75) is 58.5 Å². The van der Waals surface area contributed by atoms with Gasteiger partial charge in [0.2, 0.25) is 0 Å². The molecular weight excluding hydrogens is 510 g/mol. The molecule has 39 heavy (non-hydrogen) atoms. The number of amides is 1. The van der Waals surface area contributed by atoms with E-state index in [9.17, 15) is 9.59 Å². The van der Waals surface area contributed by atoms with E-state index in [2.05, 4.69) is 55.6 Å². The summed E-state index contributed by atoms with van der Waals surface area (Å²) in [5.74, 6) is 0.615. The molecule has 1 amide bonds. The second-order valence-corrected chi connectivity index (χ2v) is 11.3. The zero-order valence-corrected chi connectivity index (χ0v) is 23.4. The molecule has 4 aromatic rings. The topological polar surface area (TPSA) is 77.8 Å². The van der Waals surface area contributed by atoms with E-state index in [0.717, 1.165) is 36.1 Å². The van der Waals surface area contributed by atoms with Crippen LogP contribution in [-0.4, -0.2) is 18.5 Å². The summed E-state index contributed by atoms with van der Waals surface area (Å²) < 4.78 is 17.0. The average Bonchev–Trinajstić information content (AvgIpc) is 3.57. The molecule has 2 heterocycles. The van der Waals surface area contributed by atoms with Gasteiger partial charge in [0, 0.05) is 10.3 Å². The molecule has 0 bridgehead atoms. The molecule has 0 saturated carbocycles. The summed E-state index contributed by atoms with van der Waals surface area (Å²) in [5, 5.41) is 3.41. The van der Waals surface area contributed by atoms with E-state index in [1.807, 2.05) is 18.2 Å². The lowest BCUT2D eigenvalue weighted by atomic mass is 9.78. The van der Waals surface area contributed by atoms with Gasteiger partial charge in [0.15, 0.2) is 5.76 Å². The van der Waals surface area contributed by atoms with E-state index >= 15 is 0 Å². The Balaban J connectivity index is 1.23. The van der Waals surface area contributed by atoms with Crippen LogP contribution in [0.15, 0.2) is 71.1 Å². The Morgan fingerprint density at radius 3 is 2.41 bits per heavy atom. The van der Waals surface area contributed by atoms with Gasteiger partial charge in [-0.2, -0.15) is 0 Å². The van der Waals surface area contributed by atoms with Crippen molar-refractivity contribution < 1.29 is 23.5 Å². The first-order valence-corrected chi connectivity index (χ1v) is 14.2. The van der Waals surface area contributed by atoms with Gasteiger partial charge in [-0.15, -0.1) is 11.3 Å². The number of ether oxygens (including phenoxy) is 2. The molecule has 0 spiro atoms. The fourth-order valence-electron chi connectivity index (χ4n) is 4.96. The van der Waals surface area contributed by atoms with Gasteiger partial charge in [0.05, 0.1) is 12.2 Å². The summed E-state index contributed by atoms with van der Waals surface area (Å²) in [6, 6.07) is 21.8. The molecule has 2 aromatic heterocycles. The summed E-state index contributed by atoms with van der Waals surface area (Å²) in [7, 11) is 0. The number of benzene rings is 2. The number of thiophene rings is 1. The molecule has 0 unspecified atom stereocenters. The van der Waals surface area contributed by atoms with Crippen molar-refractivity contribution in [3.8, 4) is 5.75 Å². The number of fused-ring (bicyclic) bond motifs is 1. The molecule has 5 rings (SSSR count). The molecule has 0 aliphatic heterocycles. The molecule has 0 fully saturated rings. The van der Waals surface area contributed by atoms with Crippen molar-refractivity contribution in [2.24, 2.45) is 0 Å². The summed E-state index contributed by atoms with van der Waals surface area (Å²) in [5.41, 5.74) is 3.80. The Morgan fingerprint density at radius 1 is 0.949 bits per heavy atom. The smallest absolute Gasteiger partial charge is 0.341 e. The van der Waals surface area contributed by atoms with E-state index < -0.39 is 5.91 Å². The van der Waals surface area contributed by atoms with Gasteiger partial charge in [-0.25, -0.2) is 4.79 Å². The number of carbonyl (C=O) groups excluding carboxylic acids is 2. The Hall–Kier alpha value is -3.84. The molecule has 1 aliphatic carbocycles. The maximum atomic E-state index is 13.0. The van der Waals surface area contributed by atoms with Crippen molar-refractivity contribution in [2.75, 3.05) is 11.9 Å². The first kappa shape index (κ1) is 26.8. The van der Waals surface area contributed by atoms with Crippen molar-refractivity contribution >= 4 is 28.2 Å². The van der Waals surface area contributed by atoms with E-state index in [1.54, 1.807) is 19.1 Å². The van der Waals surface area contributed by atoms with Crippen LogP contribution in [0.1, 0.15) is 81.9 Å². The average molecular weight is 544 g/mol. The summed E-state index contributed by atoms with van der Waals surface area (Å²) >= 11 is 1.46. The molecule has 7 heteroatoms.